The molecule has 0 saturated carbocycles. The van der Waals surface area contributed by atoms with Gasteiger partial charge in [0.25, 0.3) is 5.56 Å². The molecule has 4 rings (SSSR count). The second kappa shape index (κ2) is 9.58. The minimum atomic E-state index is -0.616. The van der Waals surface area contributed by atoms with Crippen LogP contribution in [0.5, 0.6) is 11.5 Å². The fraction of sp³-hybridized carbons (Fsp3) is 0.0870. The molecule has 0 bridgehead atoms. The first kappa shape index (κ1) is 22.1. The maximum atomic E-state index is 12.6. The summed E-state index contributed by atoms with van der Waals surface area (Å²) in [6.07, 6.45) is 1.43. The average molecular weight is 562 g/mol. The molecule has 0 spiro atoms. The molecule has 4 aromatic rings. The van der Waals surface area contributed by atoms with Gasteiger partial charge in [0, 0.05) is 5.02 Å². The molecule has 0 amide bonds. The molecule has 0 aliphatic carbocycles. The molecule has 7 nitrogen and oxygen atoms in total. The Balaban J connectivity index is 1.62. The van der Waals surface area contributed by atoms with Gasteiger partial charge in [-0.25, -0.2) is 4.79 Å². The van der Waals surface area contributed by atoms with Crippen molar-refractivity contribution in [3.63, 3.8) is 0 Å². The summed E-state index contributed by atoms with van der Waals surface area (Å²) in [5.41, 5.74) is 0.962. The molecule has 1 aromatic heterocycles. The van der Waals surface area contributed by atoms with Gasteiger partial charge in [-0.2, -0.15) is 5.10 Å². The van der Waals surface area contributed by atoms with Gasteiger partial charge in [-0.3, -0.25) is 4.79 Å². The molecule has 9 heteroatoms. The molecule has 0 unspecified atom stereocenters. The minimum absolute atomic E-state index is 0.346. The highest BCUT2D eigenvalue weighted by atomic mass is 127. The first-order chi connectivity index (χ1) is 15.5. The maximum Gasteiger partial charge on any atom is 0.349 e. The fourth-order valence-electron chi connectivity index (χ4n) is 3.07. The lowest BCUT2D eigenvalue weighted by Crippen LogP contribution is -2.32. The number of aromatic nitrogens is 2. The largest absolute Gasteiger partial charge is 0.493 e. The second-order valence-corrected chi connectivity index (χ2v) is 8.39. The molecule has 1 N–H and O–H groups in total. The van der Waals surface area contributed by atoms with Gasteiger partial charge < -0.3 is 14.5 Å². The lowest BCUT2D eigenvalue weighted by atomic mass is 10.2. The van der Waals surface area contributed by atoms with E-state index in [4.69, 9.17) is 21.1 Å². The number of hydrogen-bond acceptors (Lipinski definition) is 5. The normalized spacial score (nSPS) is 11.2. The van der Waals surface area contributed by atoms with E-state index in [-0.39, 0.29) is 0 Å². The number of H-pyrrole nitrogens is 1. The van der Waals surface area contributed by atoms with Crippen LogP contribution in [0.4, 0.5) is 0 Å². The SMILES string of the molecule is COc1cc(C=Nn2c(=O)[nH]c3ccccc3c2=O)cc(I)c1OCc1ccc(Cl)cc1. The number of methoxy groups -OCH3 is 1. The molecule has 0 atom stereocenters. The summed E-state index contributed by atoms with van der Waals surface area (Å²) in [5.74, 6) is 1.09. The molecule has 3 aromatic carbocycles. The van der Waals surface area contributed by atoms with E-state index in [1.807, 2.05) is 18.2 Å². The minimum Gasteiger partial charge on any atom is -0.493 e. The zero-order valence-corrected chi connectivity index (χ0v) is 19.8. The Morgan fingerprint density at radius 1 is 1.12 bits per heavy atom. The van der Waals surface area contributed by atoms with Crippen molar-refractivity contribution in [3.05, 3.63) is 101 Å². The van der Waals surface area contributed by atoms with E-state index in [0.29, 0.717) is 39.6 Å². The summed E-state index contributed by atoms with van der Waals surface area (Å²) in [7, 11) is 1.54. The van der Waals surface area contributed by atoms with Crippen molar-refractivity contribution in [2.45, 2.75) is 6.61 Å². The van der Waals surface area contributed by atoms with Gasteiger partial charge >= 0.3 is 5.69 Å². The summed E-state index contributed by atoms with van der Waals surface area (Å²) in [6.45, 7) is 0.346. The van der Waals surface area contributed by atoms with E-state index in [0.717, 1.165) is 13.8 Å². The molecule has 0 aliphatic heterocycles. The summed E-state index contributed by atoms with van der Waals surface area (Å²) in [4.78, 5) is 27.6. The van der Waals surface area contributed by atoms with Crippen LogP contribution in [0.15, 0.2) is 75.4 Å². The lowest BCUT2D eigenvalue weighted by molar-refractivity contribution is 0.282. The quantitative estimate of drug-likeness (QED) is 0.279. The zero-order valence-electron chi connectivity index (χ0n) is 16.8. The van der Waals surface area contributed by atoms with Gasteiger partial charge in [0.15, 0.2) is 11.5 Å². The van der Waals surface area contributed by atoms with Crippen molar-refractivity contribution in [2.75, 3.05) is 7.11 Å². The van der Waals surface area contributed by atoms with Crippen LogP contribution in [0.2, 0.25) is 5.02 Å². The van der Waals surface area contributed by atoms with Crippen molar-refractivity contribution >= 4 is 51.3 Å². The molecule has 1 heterocycles. The van der Waals surface area contributed by atoms with Crippen LogP contribution in [-0.2, 0) is 6.61 Å². The average Bonchev–Trinajstić information content (AvgIpc) is 2.79. The van der Waals surface area contributed by atoms with Gasteiger partial charge in [-0.15, -0.1) is 4.68 Å². The zero-order chi connectivity index (χ0) is 22.7. The van der Waals surface area contributed by atoms with Crippen LogP contribution in [0, 0.1) is 3.57 Å². The van der Waals surface area contributed by atoms with Gasteiger partial charge in [0.2, 0.25) is 0 Å². The molecule has 162 valence electrons. The summed E-state index contributed by atoms with van der Waals surface area (Å²) < 4.78 is 13.0. The molecule has 0 saturated heterocycles. The summed E-state index contributed by atoms with van der Waals surface area (Å²) in [5, 5.41) is 5.14. The maximum absolute atomic E-state index is 12.6. The predicted molar refractivity (Wildman–Crippen MR) is 133 cm³/mol. The molecular formula is C23H17ClIN3O4. The monoisotopic (exact) mass is 561 g/mol. The highest BCUT2D eigenvalue weighted by Crippen LogP contribution is 2.34. The highest BCUT2D eigenvalue weighted by molar-refractivity contribution is 14.1. The van der Waals surface area contributed by atoms with Crippen molar-refractivity contribution in [2.24, 2.45) is 5.10 Å². The number of fused-ring (bicyclic) bond motifs is 1. The Morgan fingerprint density at radius 3 is 2.62 bits per heavy atom. The summed E-state index contributed by atoms with van der Waals surface area (Å²) >= 11 is 8.06. The van der Waals surface area contributed by atoms with Crippen molar-refractivity contribution < 1.29 is 9.47 Å². The third-order valence-electron chi connectivity index (χ3n) is 4.65. The standard InChI is InChI=1S/C23H17ClIN3O4/c1-31-20-11-15(10-18(25)21(20)32-13-14-6-8-16(24)9-7-14)12-26-28-22(29)17-4-2-3-5-19(17)27-23(28)30/h2-12H,13H2,1H3,(H,27,30). The van der Waals surface area contributed by atoms with Crippen LogP contribution < -0.4 is 20.7 Å². The van der Waals surface area contributed by atoms with Crippen molar-refractivity contribution in [3.8, 4) is 11.5 Å². The highest BCUT2D eigenvalue weighted by Gasteiger charge is 2.12. The van der Waals surface area contributed by atoms with Crippen LogP contribution >= 0.6 is 34.2 Å². The first-order valence-corrected chi connectivity index (χ1v) is 10.9. The Morgan fingerprint density at radius 2 is 1.88 bits per heavy atom. The van der Waals surface area contributed by atoms with Gasteiger partial charge in [-0.1, -0.05) is 35.9 Å². The lowest BCUT2D eigenvalue weighted by Gasteiger charge is -2.13. The smallest absolute Gasteiger partial charge is 0.349 e. The number of benzene rings is 3. The number of hydrogen-bond donors (Lipinski definition) is 1. The molecule has 32 heavy (non-hydrogen) atoms. The van der Waals surface area contributed by atoms with Gasteiger partial charge in [-0.05, 0) is 70.1 Å². The van der Waals surface area contributed by atoms with E-state index >= 15 is 0 Å². The fourth-order valence-corrected chi connectivity index (χ4v) is 3.98. The summed E-state index contributed by atoms with van der Waals surface area (Å²) in [6, 6.07) is 17.7. The topological polar surface area (TPSA) is 85.7 Å². The van der Waals surface area contributed by atoms with Gasteiger partial charge in [0.05, 0.1) is 27.8 Å². The number of nitrogens with one attached hydrogen (secondary N) is 1. The van der Waals surface area contributed by atoms with Crippen LogP contribution in [0.25, 0.3) is 10.9 Å². The Bertz CT molecular complexity index is 1430. The number of ether oxygens (including phenoxy) is 2. The Hall–Kier alpha value is -3.11. The number of nitrogens with zero attached hydrogens (tertiary/aromatic N) is 2. The molecule has 0 fully saturated rings. The van der Waals surface area contributed by atoms with Crippen LogP contribution in [-0.4, -0.2) is 23.0 Å². The number of aromatic amines is 1. The Kier molecular flexibility index (Phi) is 6.61. The molecular weight excluding hydrogens is 545 g/mol. The molecule has 0 radical (unpaired) electrons. The third-order valence-corrected chi connectivity index (χ3v) is 5.71. The van der Waals surface area contributed by atoms with E-state index < -0.39 is 11.2 Å². The van der Waals surface area contributed by atoms with Crippen LogP contribution in [0.1, 0.15) is 11.1 Å². The van der Waals surface area contributed by atoms with Gasteiger partial charge in [0.1, 0.15) is 6.61 Å². The van der Waals surface area contributed by atoms with Crippen molar-refractivity contribution in [1.29, 1.82) is 0 Å². The van der Waals surface area contributed by atoms with E-state index in [9.17, 15) is 9.59 Å². The third kappa shape index (κ3) is 4.71. The van der Waals surface area contributed by atoms with Crippen molar-refractivity contribution in [1.82, 2.24) is 9.66 Å². The predicted octanol–water partition coefficient (Wildman–Crippen LogP) is 4.42. The number of halogens is 2. The second-order valence-electron chi connectivity index (χ2n) is 6.79. The first-order valence-electron chi connectivity index (χ1n) is 9.49. The number of para-hydroxylation sites is 1. The van der Waals surface area contributed by atoms with E-state index in [1.165, 1.54) is 6.21 Å². The Labute approximate surface area is 201 Å². The molecule has 0 aliphatic rings. The van der Waals surface area contributed by atoms with Crippen LogP contribution in [0.3, 0.4) is 0 Å². The number of rotatable bonds is 6. The van der Waals surface area contributed by atoms with E-state index in [1.54, 1.807) is 49.6 Å². The van der Waals surface area contributed by atoms with E-state index in [2.05, 4.69) is 32.7 Å².